The monoisotopic (exact) mass is 250 g/mol. The van der Waals surface area contributed by atoms with Crippen LogP contribution in [0.1, 0.15) is 39.0 Å². The molecule has 1 aliphatic rings. The average molecular weight is 250 g/mol. The summed E-state index contributed by atoms with van der Waals surface area (Å²) in [6.45, 7) is 2.88. The maximum Gasteiger partial charge on any atom is 0.146 e. The van der Waals surface area contributed by atoms with E-state index in [0.29, 0.717) is 5.69 Å². The molecule has 1 aliphatic carbocycles. The first-order valence-electron chi connectivity index (χ1n) is 7.00. The van der Waals surface area contributed by atoms with Gasteiger partial charge in [-0.2, -0.15) is 0 Å². The van der Waals surface area contributed by atoms with Crippen molar-refractivity contribution in [3.8, 4) is 0 Å². The van der Waals surface area contributed by atoms with Crippen LogP contribution >= 0.6 is 0 Å². The summed E-state index contributed by atoms with van der Waals surface area (Å²) in [6, 6.07) is 7.45. The molecule has 2 N–H and O–H groups in total. The summed E-state index contributed by atoms with van der Waals surface area (Å²) in [4.78, 5) is 2.14. The molecule has 0 radical (unpaired) electrons. The highest BCUT2D eigenvalue weighted by atomic mass is 19.1. The van der Waals surface area contributed by atoms with Crippen molar-refractivity contribution < 1.29 is 4.39 Å². The average Bonchev–Trinajstić information content (AvgIpc) is 2.58. The van der Waals surface area contributed by atoms with Crippen LogP contribution in [-0.4, -0.2) is 18.6 Å². The van der Waals surface area contributed by atoms with E-state index >= 15 is 0 Å². The number of para-hydroxylation sites is 1. The molecule has 0 spiro atoms. The van der Waals surface area contributed by atoms with Crippen molar-refractivity contribution in [2.75, 3.05) is 11.4 Å². The van der Waals surface area contributed by atoms with E-state index in [1.165, 1.54) is 25.3 Å². The fraction of sp³-hybridized carbons (Fsp3) is 0.600. The molecule has 0 bridgehead atoms. The number of anilines is 1. The third kappa shape index (κ3) is 2.83. The molecule has 0 aliphatic heterocycles. The molecule has 2 atom stereocenters. The Morgan fingerprint density at radius 2 is 1.94 bits per heavy atom. The van der Waals surface area contributed by atoms with Gasteiger partial charge in [0.15, 0.2) is 0 Å². The normalized spacial score (nSPS) is 24.6. The van der Waals surface area contributed by atoms with Crippen molar-refractivity contribution >= 4 is 5.69 Å². The minimum atomic E-state index is -0.143. The van der Waals surface area contributed by atoms with Crippen LogP contribution in [0.5, 0.6) is 0 Å². The lowest BCUT2D eigenvalue weighted by Crippen LogP contribution is -2.47. The van der Waals surface area contributed by atoms with Crippen LogP contribution in [0.2, 0.25) is 0 Å². The molecule has 1 fully saturated rings. The number of halogens is 1. The van der Waals surface area contributed by atoms with E-state index in [4.69, 9.17) is 5.73 Å². The van der Waals surface area contributed by atoms with E-state index in [-0.39, 0.29) is 17.9 Å². The number of rotatable bonds is 3. The molecule has 1 aromatic carbocycles. The second kappa shape index (κ2) is 6.19. The molecule has 0 aromatic heterocycles. The molecule has 1 saturated carbocycles. The highest BCUT2D eigenvalue weighted by Crippen LogP contribution is 2.27. The number of nitrogens with two attached hydrogens (primary N) is 1. The Morgan fingerprint density at radius 3 is 2.67 bits per heavy atom. The van der Waals surface area contributed by atoms with Crippen molar-refractivity contribution in [2.45, 2.75) is 51.1 Å². The van der Waals surface area contributed by atoms with Gasteiger partial charge in [0.05, 0.1) is 5.69 Å². The van der Waals surface area contributed by atoms with Crippen molar-refractivity contribution in [3.63, 3.8) is 0 Å². The van der Waals surface area contributed by atoms with E-state index in [0.717, 1.165) is 19.4 Å². The van der Waals surface area contributed by atoms with Gasteiger partial charge in [-0.1, -0.05) is 31.4 Å². The third-order valence-electron chi connectivity index (χ3n) is 3.93. The Morgan fingerprint density at radius 1 is 1.22 bits per heavy atom. The predicted molar refractivity (Wildman–Crippen MR) is 74.3 cm³/mol. The first kappa shape index (κ1) is 13.3. The Kier molecular flexibility index (Phi) is 4.59. The zero-order valence-corrected chi connectivity index (χ0v) is 11.1. The predicted octanol–water partition coefficient (Wildman–Crippen LogP) is 3.31. The van der Waals surface area contributed by atoms with Crippen molar-refractivity contribution in [1.29, 1.82) is 0 Å². The third-order valence-corrected chi connectivity index (χ3v) is 3.93. The van der Waals surface area contributed by atoms with E-state index in [1.54, 1.807) is 6.07 Å². The zero-order valence-electron chi connectivity index (χ0n) is 11.1. The maximum atomic E-state index is 13.9. The number of likely N-dealkylation sites (N-methyl/N-ethyl adjacent to an activating group) is 1. The number of benzene rings is 1. The molecule has 2 nitrogen and oxygen atoms in total. The largest absolute Gasteiger partial charge is 0.365 e. The summed E-state index contributed by atoms with van der Waals surface area (Å²) in [5.74, 6) is -0.143. The van der Waals surface area contributed by atoms with Crippen molar-refractivity contribution in [2.24, 2.45) is 5.73 Å². The lowest BCUT2D eigenvalue weighted by atomic mass is 10.0. The minimum Gasteiger partial charge on any atom is -0.365 e. The van der Waals surface area contributed by atoms with Crippen LogP contribution < -0.4 is 10.6 Å². The first-order chi connectivity index (χ1) is 8.74. The molecule has 0 heterocycles. The standard InChI is InChI=1S/C15H23FN2/c1-2-18(14-10-7-6-8-12(14)16)15-11-5-3-4-9-13(15)17/h6-8,10,13,15H,2-5,9,11,17H2,1H3. The van der Waals surface area contributed by atoms with Crippen LogP contribution in [-0.2, 0) is 0 Å². The molecular weight excluding hydrogens is 227 g/mol. The summed E-state index contributed by atoms with van der Waals surface area (Å²) < 4.78 is 13.9. The number of hydrogen-bond donors (Lipinski definition) is 1. The van der Waals surface area contributed by atoms with Crippen LogP contribution in [0.4, 0.5) is 10.1 Å². The Balaban J connectivity index is 2.24. The van der Waals surface area contributed by atoms with E-state index in [2.05, 4.69) is 11.8 Å². The molecule has 2 unspecified atom stereocenters. The molecule has 0 amide bonds. The van der Waals surface area contributed by atoms with Gasteiger partial charge in [0, 0.05) is 18.6 Å². The Labute approximate surface area is 109 Å². The summed E-state index contributed by atoms with van der Waals surface area (Å²) in [6.07, 6.45) is 5.77. The van der Waals surface area contributed by atoms with Crippen LogP contribution in [0.25, 0.3) is 0 Å². The molecule has 3 heteroatoms. The van der Waals surface area contributed by atoms with Gasteiger partial charge in [-0.15, -0.1) is 0 Å². The van der Waals surface area contributed by atoms with Gasteiger partial charge >= 0.3 is 0 Å². The number of hydrogen-bond acceptors (Lipinski definition) is 2. The van der Waals surface area contributed by atoms with Gasteiger partial charge in [-0.3, -0.25) is 0 Å². The maximum absolute atomic E-state index is 13.9. The molecule has 2 rings (SSSR count). The second-order valence-corrected chi connectivity index (χ2v) is 5.11. The smallest absolute Gasteiger partial charge is 0.146 e. The molecule has 1 aromatic rings. The van der Waals surface area contributed by atoms with Gasteiger partial charge in [-0.05, 0) is 31.9 Å². The van der Waals surface area contributed by atoms with Gasteiger partial charge in [0.25, 0.3) is 0 Å². The molecule has 0 saturated heterocycles. The van der Waals surface area contributed by atoms with Crippen molar-refractivity contribution in [1.82, 2.24) is 0 Å². The fourth-order valence-electron chi connectivity index (χ4n) is 2.97. The Hall–Kier alpha value is -1.09. The van der Waals surface area contributed by atoms with E-state index < -0.39 is 0 Å². The Bertz CT molecular complexity index is 381. The van der Waals surface area contributed by atoms with Crippen LogP contribution in [0.15, 0.2) is 24.3 Å². The number of nitrogens with zero attached hydrogens (tertiary/aromatic N) is 1. The summed E-state index contributed by atoms with van der Waals surface area (Å²) >= 11 is 0. The van der Waals surface area contributed by atoms with Gasteiger partial charge in [-0.25, -0.2) is 4.39 Å². The molecule has 100 valence electrons. The lowest BCUT2D eigenvalue weighted by Gasteiger charge is -2.36. The summed E-state index contributed by atoms with van der Waals surface area (Å²) in [7, 11) is 0. The van der Waals surface area contributed by atoms with Gasteiger partial charge < -0.3 is 10.6 Å². The quantitative estimate of drug-likeness (QED) is 0.834. The van der Waals surface area contributed by atoms with Gasteiger partial charge in [0.1, 0.15) is 5.82 Å². The molecule has 18 heavy (non-hydrogen) atoms. The first-order valence-corrected chi connectivity index (χ1v) is 7.00. The van der Waals surface area contributed by atoms with Crippen LogP contribution in [0.3, 0.4) is 0 Å². The molecular formula is C15H23FN2. The highest BCUT2D eigenvalue weighted by Gasteiger charge is 2.27. The second-order valence-electron chi connectivity index (χ2n) is 5.11. The SMILES string of the molecule is CCN(c1ccccc1F)C1CCCCCC1N. The topological polar surface area (TPSA) is 29.3 Å². The van der Waals surface area contributed by atoms with Crippen molar-refractivity contribution in [3.05, 3.63) is 30.1 Å². The summed E-state index contributed by atoms with van der Waals surface area (Å²) in [5.41, 5.74) is 6.98. The lowest BCUT2D eigenvalue weighted by molar-refractivity contribution is 0.460. The van der Waals surface area contributed by atoms with E-state index in [9.17, 15) is 4.39 Å². The fourth-order valence-corrected chi connectivity index (χ4v) is 2.97. The van der Waals surface area contributed by atoms with Gasteiger partial charge in [0.2, 0.25) is 0 Å². The summed E-state index contributed by atoms with van der Waals surface area (Å²) in [5, 5.41) is 0. The van der Waals surface area contributed by atoms with E-state index in [1.807, 2.05) is 12.1 Å². The zero-order chi connectivity index (χ0) is 13.0. The highest BCUT2D eigenvalue weighted by molar-refractivity contribution is 5.49. The van der Waals surface area contributed by atoms with Crippen LogP contribution in [0, 0.1) is 5.82 Å². The minimum absolute atomic E-state index is 0.143.